The molecule has 0 aliphatic heterocycles. The highest BCUT2D eigenvalue weighted by Gasteiger charge is 2.09. The zero-order valence-electron chi connectivity index (χ0n) is 10.1. The Labute approximate surface area is 124 Å². The van der Waals surface area contributed by atoms with Gasteiger partial charge in [-0.05, 0) is 30.3 Å². The van der Waals surface area contributed by atoms with Crippen LogP contribution in [-0.2, 0) is 0 Å². The van der Waals surface area contributed by atoms with Gasteiger partial charge < -0.3 is 10.1 Å². The summed E-state index contributed by atoms with van der Waals surface area (Å²) in [6.07, 6.45) is 0. The van der Waals surface area contributed by atoms with Crippen LogP contribution in [0.3, 0.4) is 0 Å². The van der Waals surface area contributed by atoms with Crippen LogP contribution < -0.4 is 10.1 Å². The molecule has 96 valence electrons. The van der Waals surface area contributed by atoms with Crippen molar-refractivity contribution in [2.24, 2.45) is 0 Å². The third kappa shape index (κ3) is 3.01. The van der Waals surface area contributed by atoms with Crippen molar-refractivity contribution in [1.29, 1.82) is 5.26 Å². The monoisotopic (exact) mass is 336 g/mol. The van der Waals surface area contributed by atoms with E-state index in [4.69, 9.17) is 21.6 Å². The van der Waals surface area contributed by atoms with Gasteiger partial charge in [0.15, 0.2) is 0 Å². The second-order valence-corrected chi connectivity index (χ2v) is 5.07. The van der Waals surface area contributed by atoms with E-state index in [1.165, 1.54) is 0 Å². The largest absolute Gasteiger partial charge is 0.495 e. The van der Waals surface area contributed by atoms with E-state index in [1.54, 1.807) is 25.3 Å². The van der Waals surface area contributed by atoms with Crippen LogP contribution in [0.5, 0.6) is 5.75 Å². The Hall–Kier alpha value is -1.70. The molecule has 0 aliphatic rings. The second-order valence-electron chi connectivity index (χ2n) is 3.74. The number of hydrogen-bond donors (Lipinski definition) is 1. The van der Waals surface area contributed by atoms with Gasteiger partial charge in [-0.15, -0.1) is 0 Å². The molecular weight excluding hydrogens is 328 g/mol. The summed E-state index contributed by atoms with van der Waals surface area (Å²) in [4.78, 5) is 0. The minimum atomic E-state index is 0.409. The Bertz CT molecular complexity index is 652. The van der Waals surface area contributed by atoms with E-state index in [-0.39, 0.29) is 0 Å². The Balaban J connectivity index is 2.45. The number of nitriles is 1. The van der Waals surface area contributed by atoms with E-state index in [2.05, 4.69) is 27.3 Å². The van der Waals surface area contributed by atoms with Crippen molar-refractivity contribution in [2.45, 2.75) is 0 Å². The molecule has 5 heteroatoms. The summed E-state index contributed by atoms with van der Waals surface area (Å²) < 4.78 is 6.19. The van der Waals surface area contributed by atoms with Gasteiger partial charge in [-0.1, -0.05) is 33.6 Å². The number of hydrogen-bond acceptors (Lipinski definition) is 3. The molecule has 0 amide bonds. The predicted octanol–water partition coefficient (Wildman–Crippen LogP) is 4.73. The summed E-state index contributed by atoms with van der Waals surface area (Å²) in [6, 6.07) is 13.0. The lowest BCUT2D eigenvalue weighted by atomic mass is 10.2. The minimum Gasteiger partial charge on any atom is -0.495 e. The molecule has 2 aromatic rings. The zero-order chi connectivity index (χ0) is 13.8. The second kappa shape index (κ2) is 5.96. The fourth-order valence-corrected chi connectivity index (χ4v) is 2.24. The van der Waals surface area contributed by atoms with Crippen molar-refractivity contribution < 1.29 is 4.74 Å². The molecule has 0 aromatic heterocycles. The van der Waals surface area contributed by atoms with Crippen LogP contribution in [0, 0.1) is 11.3 Å². The number of nitrogens with one attached hydrogen (secondary N) is 1. The van der Waals surface area contributed by atoms with Gasteiger partial charge in [0.1, 0.15) is 11.8 Å². The highest BCUT2D eigenvalue weighted by molar-refractivity contribution is 9.10. The van der Waals surface area contributed by atoms with Crippen molar-refractivity contribution in [1.82, 2.24) is 0 Å². The maximum absolute atomic E-state index is 9.14. The molecular formula is C14H10BrClN2O. The average Bonchev–Trinajstić information content (AvgIpc) is 2.39. The van der Waals surface area contributed by atoms with E-state index < -0.39 is 0 Å². The van der Waals surface area contributed by atoms with Gasteiger partial charge in [0.05, 0.1) is 29.1 Å². The lowest BCUT2D eigenvalue weighted by Gasteiger charge is -2.13. The third-order valence-corrected chi connectivity index (χ3v) is 3.36. The fourth-order valence-electron chi connectivity index (χ4n) is 1.66. The first-order chi connectivity index (χ1) is 9.15. The number of benzene rings is 2. The lowest BCUT2D eigenvalue weighted by Crippen LogP contribution is -1.97. The quantitative estimate of drug-likeness (QED) is 0.881. The van der Waals surface area contributed by atoms with Gasteiger partial charge in [0.2, 0.25) is 0 Å². The molecule has 3 nitrogen and oxygen atoms in total. The van der Waals surface area contributed by atoms with Crippen molar-refractivity contribution in [3.63, 3.8) is 0 Å². The summed E-state index contributed by atoms with van der Waals surface area (Å²) in [5, 5.41) is 12.7. The Morgan fingerprint density at radius 3 is 2.74 bits per heavy atom. The Kier molecular flexibility index (Phi) is 4.31. The van der Waals surface area contributed by atoms with Crippen LogP contribution in [-0.4, -0.2) is 7.11 Å². The maximum Gasteiger partial charge on any atom is 0.142 e. The molecule has 1 N–H and O–H groups in total. The molecule has 0 heterocycles. The molecule has 0 saturated heterocycles. The smallest absolute Gasteiger partial charge is 0.142 e. The third-order valence-electron chi connectivity index (χ3n) is 2.56. The molecule has 2 aromatic carbocycles. The van der Waals surface area contributed by atoms with Crippen LogP contribution in [0.15, 0.2) is 40.9 Å². The number of methoxy groups -OCH3 is 1. The number of ether oxygens (including phenoxy) is 1. The summed E-state index contributed by atoms with van der Waals surface area (Å²) in [5.74, 6) is 0.687. The number of halogens is 2. The predicted molar refractivity (Wildman–Crippen MR) is 80.1 cm³/mol. The molecule has 0 unspecified atom stereocenters. The zero-order valence-corrected chi connectivity index (χ0v) is 12.4. The van der Waals surface area contributed by atoms with Crippen LogP contribution in [0.4, 0.5) is 11.4 Å². The van der Waals surface area contributed by atoms with Gasteiger partial charge >= 0.3 is 0 Å². The van der Waals surface area contributed by atoms with Gasteiger partial charge in [-0.3, -0.25) is 0 Å². The minimum absolute atomic E-state index is 0.409. The van der Waals surface area contributed by atoms with E-state index in [9.17, 15) is 0 Å². The molecule has 0 bridgehead atoms. The Morgan fingerprint density at radius 1 is 1.26 bits per heavy atom. The average molecular weight is 338 g/mol. The summed E-state index contributed by atoms with van der Waals surface area (Å²) in [6.45, 7) is 0. The molecule has 0 atom stereocenters. The van der Waals surface area contributed by atoms with Crippen LogP contribution in [0.2, 0.25) is 5.02 Å². The lowest BCUT2D eigenvalue weighted by molar-refractivity contribution is 0.417. The van der Waals surface area contributed by atoms with Crippen molar-refractivity contribution in [3.8, 4) is 11.8 Å². The van der Waals surface area contributed by atoms with E-state index in [1.807, 2.05) is 18.2 Å². The molecule has 0 aliphatic carbocycles. The highest BCUT2D eigenvalue weighted by Crippen LogP contribution is 2.33. The van der Waals surface area contributed by atoms with E-state index in [0.717, 1.165) is 10.2 Å². The molecule has 0 saturated carbocycles. The first-order valence-corrected chi connectivity index (χ1v) is 6.62. The standard InChI is InChI=1S/C14H10BrClN2O/c1-19-14-6-5-9(15)7-13(14)18-12-4-2-3-11(16)10(12)8-17/h2-7,18H,1H3. The molecule has 2 rings (SSSR count). The van der Waals surface area contributed by atoms with Crippen LogP contribution >= 0.6 is 27.5 Å². The topological polar surface area (TPSA) is 45.0 Å². The summed E-state index contributed by atoms with van der Waals surface area (Å²) >= 11 is 9.40. The first kappa shape index (κ1) is 13.7. The maximum atomic E-state index is 9.14. The van der Waals surface area contributed by atoms with Crippen molar-refractivity contribution in [3.05, 3.63) is 51.5 Å². The Morgan fingerprint density at radius 2 is 2.05 bits per heavy atom. The van der Waals surface area contributed by atoms with Gasteiger partial charge in [0.25, 0.3) is 0 Å². The van der Waals surface area contributed by atoms with Crippen LogP contribution in [0.1, 0.15) is 5.56 Å². The number of nitrogens with zero attached hydrogens (tertiary/aromatic N) is 1. The van der Waals surface area contributed by atoms with Crippen LogP contribution in [0.25, 0.3) is 0 Å². The number of anilines is 2. The summed E-state index contributed by atoms with van der Waals surface area (Å²) in [5.41, 5.74) is 1.81. The molecule has 0 fully saturated rings. The fraction of sp³-hybridized carbons (Fsp3) is 0.0714. The summed E-state index contributed by atoms with van der Waals surface area (Å²) in [7, 11) is 1.59. The highest BCUT2D eigenvalue weighted by atomic mass is 79.9. The van der Waals surface area contributed by atoms with Gasteiger partial charge in [-0.2, -0.15) is 5.26 Å². The molecule has 0 spiro atoms. The normalized spacial score (nSPS) is 9.79. The van der Waals surface area contributed by atoms with Gasteiger partial charge in [0, 0.05) is 4.47 Å². The SMILES string of the molecule is COc1ccc(Br)cc1Nc1cccc(Cl)c1C#N. The molecule has 0 radical (unpaired) electrons. The van der Waals surface area contributed by atoms with E-state index in [0.29, 0.717) is 22.0 Å². The van der Waals surface area contributed by atoms with Crippen molar-refractivity contribution >= 4 is 38.9 Å². The van der Waals surface area contributed by atoms with E-state index >= 15 is 0 Å². The van der Waals surface area contributed by atoms with Gasteiger partial charge in [-0.25, -0.2) is 0 Å². The first-order valence-electron chi connectivity index (χ1n) is 5.45. The number of rotatable bonds is 3. The van der Waals surface area contributed by atoms with Crippen molar-refractivity contribution in [2.75, 3.05) is 12.4 Å². The molecule has 19 heavy (non-hydrogen) atoms.